The van der Waals surface area contributed by atoms with Gasteiger partial charge in [0, 0.05) is 24.3 Å². The Morgan fingerprint density at radius 3 is 2.37 bits per heavy atom. The third kappa shape index (κ3) is 7.88. The van der Waals surface area contributed by atoms with Crippen molar-refractivity contribution in [2.24, 2.45) is 5.92 Å². The fraction of sp³-hybridized carbons (Fsp3) is 0.310. The molecule has 3 aromatic carbocycles. The minimum absolute atomic E-state index is 0.0589. The molecule has 3 aromatic rings. The molecule has 1 fully saturated rings. The maximum Gasteiger partial charge on any atom is 0.266 e. The van der Waals surface area contributed by atoms with Gasteiger partial charge in [0.25, 0.3) is 10.1 Å². The molecule has 5 N–H and O–H groups in total. The van der Waals surface area contributed by atoms with Gasteiger partial charge in [0.05, 0.1) is 30.4 Å². The number of β-lactam (4-membered cyclic amide) rings is 1. The molecule has 0 radical (unpaired) electrons. The maximum absolute atomic E-state index is 13.3. The number of carbonyl (C=O) groups is 2. The lowest BCUT2D eigenvalue weighted by Crippen LogP contribution is -2.55. The van der Waals surface area contributed by atoms with E-state index in [-0.39, 0.29) is 43.6 Å². The number of aromatic hydroxyl groups is 1. The second-order valence-electron chi connectivity index (χ2n) is 9.87. The number of phenolic OH excluding ortho intramolecular Hbond substituents is 1. The highest BCUT2D eigenvalue weighted by molar-refractivity contribution is 7.85. The minimum atomic E-state index is -4.10. The molecule has 3 atom stereocenters. The molecule has 1 aliphatic heterocycles. The first-order chi connectivity index (χ1) is 19.5. The number of aliphatic hydroxyl groups excluding tert-OH is 1. The molecule has 0 saturated carbocycles. The Hall–Kier alpha value is -3.84. The summed E-state index contributed by atoms with van der Waals surface area (Å²) < 4.78 is 43.4. The number of halogens is 1. The summed E-state index contributed by atoms with van der Waals surface area (Å²) in [6.45, 7) is 0.0321. The normalized spacial score (nSPS) is 17.6. The molecule has 41 heavy (non-hydrogen) atoms. The van der Waals surface area contributed by atoms with Gasteiger partial charge in [-0.25, -0.2) is 4.39 Å². The first-order valence-electron chi connectivity index (χ1n) is 13.1. The molecule has 0 spiro atoms. The summed E-state index contributed by atoms with van der Waals surface area (Å²) in [5.74, 6) is -1.82. The molecule has 218 valence electrons. The van der Waals surface area contributed by atoms with Gasteiger partial charge in [-0.05, 0) is 54.3 Å². The standard InChI is InChI=1S/C29H32FN3O7S/c30-21-9-7-20(8-10-21)25(34)14-13-24-28(23-3-1-2-4-26(23)35)33(29(24)37)22-11-5-19(6-12-22)17-32-27(36)18-31-15-16-41(38,39)40/h1-12,24-25,28,31,34-35H,13-18H2,(H,32,36)(H,38,39,40)/t24-,25+,28-/m1/s1. The number of nitrogens with one attached hydrogen (secondary N) is 2. The van der Waals surface area contributed by atoms with Crippen molar-refractivity contribution in [1.82, 2.24) is 10.6 Å². The van der Waals surface area contributed by atoms with Crippen LogP contribution in [0, 0.1) is 11.7 Å². The van der Waals surface area contributed by atoms with Crippen LogP contribution in [0.15, 0.2) is 72.8 Å². The van der Waals surface area contributed by atoms with E-state index in [4.69, 9.17) is 4.55 Å². The van der Waals surface area contributed by atoms with Crippen LogP contribution >= 0.6 is 0 Å². The van der Waals surface area contributed by atoms with Gasteiger partial charge in [-0.2, -0.15) is 8.42 Å². The number of hydrogen-bond acceptors (Lipinski definition) is 7. The molecule has 0 bridgehead atoms. The second-order valence-corrected chi connectivity index (χ2v) is 11.4. The molecule has 10 nitrogen and oxygen atoms in total. The number of rotatable bonds is 13. The Labute approximate surface area is 237 Å². The summed E-state index contributed by atoms with van der Waals surface area (Å²) >= 11 is 0. The molecule has 1 aliphatic rings. The van der Waals surface area contributed by atoms with E-state index >= 15 is 0 Å². The third-order valence-electron chi connectivity index (χ3n) is 7.00. The quantitative estimate of drug-likeness (QED) is 0.117. The SMILES string of the molecule is O=C(CNCCS(=O)(=O)O)NCc1ccc(N2C(=O)[C@H](CC[C@H](O)c3ccc(F)cc3)[C@H]2c2ccccc2O)cc1. The number of carbonyl (C=O) groups excluding carboxylic acids is 2. The fourth-order valence-electron chi connectivity index (χ4n) is 4.84. The minimum Gasteiger partial charge on any atom is -0.508 e. The zero-order chi connectivity index (χ0) is 29.6. The average molecular weight is 586 g/mol. The van der Waals surface area contributed by atoms with Gasteiger partial charge in [0.1, 0.15) is 11.6 Å². The van der Waals surface area contributed by atoms with E-state index in [0.29, 0.717) is 23.2 Å². The van der Waals surface area contributed by atoms with Crippen molar-refractivity contribution in [3.05, 3.63) is 95.3 Å². The van der Waals surface area contributed by atoms with E-state index in [2.05, 4.69) is 10.6 Å². The van der Waals surface area contributed by atoms with Gasteiger partial charge in [0.15, 0.2) is 0 Å². The Kier molecular flexibility index (Phi) is 9.71. The van der Waals surface area contributed by atoms with Crippen molar-refractivity contribution in [1.29, 1.82) is 0 Å². The monoisotopic (exact) mass is 585 g/mol. The molecule has 2 amide bonds. The Morgan fingerprint density at radius 1 is 1.02 bits per heavy atom. The van der Waals surface area contributed by atoms with Gasteiger partial charge in [-0.1, -0.05) is 42.5 Å². The van der Waals surface area contributed by atoms with Gasteiger partial charge < -0.3 is 25.7 Å². The number of anilines is 1. The van der Waals surface area contributed by atoms with Crippen LogP contribution in [0.25, 0.3) is 0 Å². The van der Waals surface area contributed by atoms with Crippen LogP contribution in [0.1, 0.15) is 41.7 Å². The lowest BCUT2D eigenvalue weighted by atomic mass is 9.78. The van der Waals surface area contributed by atoms with E-state index < -0.39 is 39.8 Å². The topological polar surface area (TPSA) is 156 Å². The lowest BCUT2D eigenvalue weighted by Gasteiger charge is -2.48. The molecule has 0 aromatic heterocycles. The highest BCUT2D eigenvalue weighted by atomic mass is 32.2. The first-order valence-corrected chi connectivity index (χ1v) is 14.7. The zero-order valence-electron chi connectivity index (χ0n) is 22.1. The zero-order valence-corrected chi connectivity index (χ0v) is 22.9. The lowest BCUT2D eigenvalue weighted by molar-refractivity contribution is -0.131. The summed E-state index contributed by atoms with van der Waals surface area (Å²) in [5, 5.41) is 26.5. The van der Waals surface area contributed by atoms with Crippen LogP contribution in [-0.2, 0) is 26.3 Å². The van der Waals surface area contributed by atoms with E-state index in [0.717, 1.165) is 5.56 Å². The van der Waals surface area contributed by atoms with Crippen molar-refractivity contribution in [2.45, 2.75) is 31.5 Å². The van der Waals surface area contributed by atoms with Crippen molar-refractivity contribution in [3.8, 4) is 5.75 Å². The predicted molar refractivity (Wildman–Crippen MR) is 150 cm³/mol. The fourth-order valence-corrected chi connectivity index (χ4v) is 5.24. The first kappa shape index (κ1) is 30.1. The average Bonchev–Trinajstić information content (AvgIpc) is 2.94. The van der Waals surface area contributed by atoms with E-state index in [1.54, 1.807) is 53.4 Å². The van der Waals surface area contributed by atoms with E-state index in [1.807, 2.05) is 0 Å². The summed E-state index contributed by atoms with van der Waals surface area (Å²) in [6, 6.07) is 19.0. The Bertz CT molecular complexity index is 1470. The molecule has 12 heteroatoms. The van der Waals surface area contributed by atoms with Crippen LogP contribution in [0.4, 0.5) is 10.1 Å². The Morgan fingerprint density at radius 2 is 1.71 bits per heavy atom. The molecule has 0 unspecified atom stereocenters. The molecular formula is C29H32FN3O7S. The number of aliphatic hydroxyl groups is 1. The number of benzene rings is 3. The molecule has 1 saturated heterocycles. The van der Waals surface area contributed by atoms with Crippen LogP contribution in [-0.4, -0.2) is 53.8 Å². The van der Waals surface area contributed by atoms with Crippen molar-refractivity contribution < 1.29 is 37.2 Å². The highest BCUT2D eigenvalue weighted by Gasteiger charge is 2.49. The molecule has 4 rings (SSSR count). The van der Waals surface area contributed by atoms with E-state index in [1.165, 1.54) is 24.3 Å². The summed E-state index contributed by atoms with van der Waals surface area (Å²) in [7, 11) is -4.10. The van der Waals surface area contributed by atoms with Crippen molar-refractivity contribution >= 4 is 27.6 Å². The van der Waals surface area contributed by atoms with Crippen LogP contribution in [0.5, 0.6) is 5.75 Å². The Balaban J connectivity index is 1.39. The van der Waals surface area contributed by atoms with Crippen molar-refractivity contribution in [2.75, 3.05) is 23.7 Å². The summed E-state index contributed by atoms with van der Waals surface area (Å²) in [6.07, 6.45) is -0.228. The van der Waals surface area contributed by atoms with Gasteiger partial charge >= 0.3 is 0 Å². The smallest absolute Gasteiger partial charge is 0.266 e. The largest absolute Gasteiger partial charge is 0.508 e. The van der Waals surface area contributed by atoms with Gasteiger partial charge in [0.2, 0.25) is 11.8 Å². The number of phenols is 1. The van der Waals surface area contributed by atoms with Gasteiger partial charge in [-0.15, -0.1) is 0 Å². The van der Waals surface area contributed by atoms with Gasteiger partial charge in [-0.3, -0.25) is 14.1 Å². The highest BCUT2D eigenvalue weighted by Crippen LogP contribution is 2.48. The van der Waals surface area contributed by atoms with E-state index in [9.17, 15) is 32.6 Å². The number of para-hydroxylation sites is 1. The van der Waals surface area contributed by atoms with Crippen LogP contribution in [0.3, 0.4) is 0 Å². The van der Waals surface area contributed by atoms with Crippen LogP contribution < -0.4 is 15.5 Å². The molecular weight excluding hydrogens is 553 g/mol. The number of hydrogen-bond donors (Lipinski definition) is 5. The number of amides is 2. The van der Waals surface area contributed by atoms with Crippen molar-refractivity contribution in [3.63, 3.8) is 0 Å². The predicted octanol–water partition coefficient (Wildman–Crippen LogP) is 2.84. The molecule has 0 aliphatic carbocycles. The third-order valence-corrected chi connectivity index (χ3v) is 7.72. The maximum atomic E-state index is 13.3. The van der Waals surface area contributed by atoms with Crippen LogP contribution in [0.2, 0.25) is 0 Å². The number of nitrogens with zero attached hydrogens (tertiary/aromatic N) is 1. The summed E-state index contributed by atoms with van der Waals surface area (Å²) in [4.78, 5) is 26.9. The molecule has 1 heterocycles. The summed E-state index contributed by atoms with van der Waals surface area (Å²) in [5.41, 5.74) is 2.53. The second kappa shape index (κ2) is 13.2.